The molecule has 2 amide bonds. The lowest BCUT2D eigenvalue weighted by Crippen LogP contribution is -2.47. The van der Waals surface area contributed by atoms with Gasteiger partial charge in [0.25, 0.3) is 0 Å². The highest BCUT2D eigenvalue weighted by atomic mass is 79.9. The highest BCUT2D eigenvalue weighted by molar-refractivity contribution is 9.10. The van der Waals surface area contributed by atoms with Gasteiger partial charge in [0.1, 0.15) is 18.3 Å². The van der Waals surface area contributed by atoms with E-state index in [0.29, 0.717) is 19.3 Å². The molecule has 0 N–H and O–H groups in total. The summed E-state index contributed by atoms with van der Waals surface area (Å²) in [6.07, 6.45) is 15.5. The van der Waals surface area contributed by atoms with Gasteiger partial charge < -0.3 is 23.7 Å². The molecule has 12 heteroatoms. The normalized spacial score (nSPS) is 27.2. The summed E-state index contributed by atoms with van der Waals surface area (Å²) in [7, 11) is 0. The van der Waals surface area contributed by atoms with E-state index >= 15 is 0 Å². The van der Waals surface area contributed by atoms with Crippen molar-refractivity contribution in [2.24, 2.45) is 4.99 Å². The Morgan fingerprint density at radius 3 is 2.53 bits per heavy atom. The van der Waals surface area contributed by atoms with E-state index in [1.165, 1.54) is 19.4 Å². The zero-order valence-electron chi connectivity index (χ0n) is 32.2. The number of allylic oxidation sites excluding steroid dienone is 6. The first-order chi connectivity index (χ1) is 26.5. The summed E-state index contributed by atoms with van der Waals surface area (Å²) in [5.41, 5.74) is 4.83. The smallest absolute Gasteiger partial charge is 0.417 e. The molecule has 4 aliphatic rings. The third-order valence-corrected chi connectivity index (χ3v) is 10.4. The van der Waals surface area contributed by atoms with Gasteiger partial charge in [0, 0.05) is 36.0 Å². The van der Waals surface area contributed by atoms with Gasteiger partial charge >= 0.3 is 18.0 Å². The number of unbranched alkanes of at least 4 members (excludes halogenated alkanes) is 4. The van der Waals surface area contributed by atoms with Crippen molar-refractivity contribution in [1.82, 2.24) is 4.90 Å². The highest BCUT2D eigenvalue weighted by Gasteiger charge is 2.58. The van der Waals surface area contributed by atoms with Crippen LogP contribution in [0.15, 0.2) is 93.1 Å². The van der Waals surface area contributed by atoms with Gasteiger partial charge in [-0.1, -0.05) is 90.5 Å². The predicted molar refractivity (Wildman–Crippen MR) is 212 cm³/mol. The van der Waals surface area contributed by atoms with Crippen LogP contribution >= 0.6 is 15.9 Å². The number of nitrogens with zero attached hydrogens (tertiary/aromatic N) is 2. The quantitative estimate of drug-likeness (QED) is 0.0595. The Hall–Kier alpha value is -4.13. The third-order valence-electron chi connectivity index (χ3n) is 9.84. The van der Waals surface area contributed by atoms with Gasteiger partial charge in [-0.25, -0.2) is 14.5 Å². The van der Waals surface area contributed by atoms with Crippen LogP contribution in [0.25, 0.3) is 0 Å². The molecule has 6 atom stereocenters. The number of benzene rings is 1. The molecule has 0 aromatic heterocycles. The molecule has 55 heavy (non-hydrogen) atoms. The molecular formula is C43H53BrN2O9. The number of cyclic esters (lactones) is 1. The topological polar surface area (TPSA) is 137 Å². The van der Waals surface area contributed by atoms with E-state index in [0.717, 1.165) is 76.0 Å². The zero-order valence-corrected chi connectivity index (χ0v) is 33.8. The second-order valence-electron chi connectivity index (χ2n) is 14.5. The second kappa shape index (κ2) is 20.7. The number of carbonyl (C=O) groups excluding carboxylic acids is 4. The first-order valence-electron chi connectivity index (χ1n) is 19.4. The maximum Gasteiger partial charge on any atom is 0.417 e. The Balaban J connectivity index is 1.32. The minimum Gasteiger partial charge on any atom is -0.465 e. The number of imide groups is 1. The largest absolute Gasteiger partial charge is 0.465 e. The summed E-state index contributed by atoms with van der Waals surface area (Å²) in [5.74, 6) is -1.37. The second-order valence-corrected chi connectivity index (χ2v) is 15.4. The van der Waals surface area contributed by atoms with Crippen molar-refractivity contribution >= 4 is 45.6 Å². The zero-order chi connectivity index (χ0) is 39.3. The van der Waals surface area contributed by atoms with E-state index in [1.54, 1.807) is 12.2 Å². The molecule has 2 bridgehead atoms. The number of aliphatic imine (C=N–C) groups is 1. The monoisotopic (exact) mass is 820 g/mol. The lowest BCUT2D eigenvalue weighted by atomic mass is 9.99. The minimum atomic E-state index is -1.08. The van der Waals surface area contributed by atoms with Crippen LogP contribution in [0, 0.1) is 0 Å². The van der Waals surface area contributed by atoms with E-state index < -0.39 is 48.5 Å². The van der Waals surface area contributed by atoms with Gasteiger partial charge in [-0.05, 0) is 75.0 Å². The predicted octanol–water partition coefficient (Wildman–Crippen LogP) is 8.57. The first-order valence-corrected chi connectivity index (χ1v) is 20.2. The van der Waals surface area contributed by atoms with Crippen molar-refractivity contribution in [2.75, 3.05) is 6.61 Å². The molecule has 1 aromatic carbocycles. The van der Waals surface area contributed by atoms with Crippen molar-refractivity contribution in [2.45, 2.75) is 135 Å². The first kappa shape index (κ1) is 42.0. The number of amides is 2. The van der Waals surface area contributed by atoms with Gasteiger partial charge in [-0.3, -0.25) is 14.6 Å². The van der Waals surface area contributed by atoms with Gasteiger partial charge in [0.05, 0.1) is 25.0 Å². The summed E-state index contributed by atoms with van der Waals surface area (Å²) in [6, 6.07) is 7.27. The van der Waals surface area contributed by atoms with E-state index in [1.807, 2.05) is 49.4 Å². The van der Waals surface area contributed by atoms with Crippen LogP contribution in [0.5, 0.6) is 0 Å². The molecule has 6 unspecified atom stereocenters. The van der Waals surface area contributed by atoms with Crippen molar-refractivity contribution in [3.05, 3.63) is 93.7 Å². The summed E-state index contributed by atoms with van der Waals surface area (Å²) in [4.78, 5) is 57.9. The summed E-state index contributed by atoms with van der Waals surface area (Å²) in [5, 5.41) is 0. The van der Waals surface area contributed by atoms with E-state index in [9.17, 15) is 19.2 Å². The molecule has 11 nitrogen and oxygen atoms in total. The Labute approximate surface area is 332 Å². The average molecular weight is 822 g/mol. The van der Waals surface area contributed by atoms with Gasteiger partial charge in [0.15, 0.2) is 12.2 Å². The standard InChI is InChI=1S/C43H53BrN2O9/c1-5-6-7-8-9-16-37(48)51-24-13-12-15-35-39(52-35)41-42(55-43(50)46(30(4)47)27-31-19-21-32(44)22-20-31)40-36(53-40)23-18-28(2)25-33-26-29(3)34(45-33)14-10-11-17-38(49)54-41/h10-12,14-15,17,19-22,25,35-36,39-42H,5-9,13,16,18,23-24,26-27H2,1-4H3/b14-10+,15-12+,17-11-,28-25-. The van der Waals surface area contributed by atoms with Crippen molar-refractivity contribution in [3.63, 3.8) is 0 Å². The molecule has 5 rings (SSSR count). The van der Waals surface area contributed by atoms with Crippen LogP contribution < -0.4 is 0 Å². The van der Waals surface area contributed by atoms with Gasteiger partial charge in [-0.2, -0.15) is 0 Å². The molecule has 0 spiro atoms. The van der Waals surface area contributed by atoms with Crippen LogP contribution in [0.3, 0.4) is 0 Å². The van der Waals surface area contributed by atoms with E-state index in [4.69, 9.17) is 28.7 Å². The number of hydrogen-bond donors (Lipinski definition) is 0. The highest BCUT2D eigenvalue weighted by Crippen LogP contribution is 2.40. The van der Waals surface area contributed by atoms with E-state index in [-0.39, 0.29) is 25.2 Å². The Kier molecular flexibility index (Phi) is 15.8. The fourth-order valence-corrected chi connectivity index (χ4v) is 6.91. The number of halogens is 1. The molecule has 0 aliphatic carbocycles. The maximum absolute atomic E-state index is 13.8. The van der Waals surface area contributed by atoms with Crippen molar-refractivity contribution in [3.8, 4) is 0 Å². The summed E-state index contributed by atoms with van der Waals surface area (Å²) in [6.45, 7) is 7.78. The molecule has 2 saturated heterocycles. The van der Waals surface area contributed by atoms with Gasteiger partial charge in [0.2, 0.25) is 5.91 Å². The lowest BCUT2D eigenvalue weighted by molar-refractivity contribution is -0.153. The Bertz CT molecular complexity index is 1730. The number of ether oxygens (including phenoxy) is 5. The SMILES string of the molecule is CCCCCCCC(=O)OCC/C=C/C1OC1C1OC(=O)/C=C\C=C\C2=C(C)CC(=N2)/C=C(/C)CCC2OC2C1OC(=O)N(Cc1ccc(Br)cc1)C(C)=O. The number of carbonyl (C=O) groups is 4. The molecule has 4 aliphatic heterocycles. The number of esters is 2. The summed E-state index contributed by atoms with van der Waals surface area (Å²) >= 11 is 3.41. The molecule has 4 heterocycles. The molecule has 0 radical (unpaired) electrons. The molecule has 1 aromatic rings. The van der Waals surface area contributed by atoms with Crippen LogP contribution in [0.2, 0.25) is 0 Å². The van der Waals surface area contributed by atoms with E-state index in [2.05, 4.69) is 35.9 Å². The maximum atomic E-state index is 13.8. The van der Waals surface area contributed by atoms with Crippen molar-refractivity contribution < 1.29 is 42.9 Å². The fraction of sp³-hybridized carbons (Fsp3) is 0.512. The average Bonchev–Trinajstić information content (AvgIpc) is 4.07. The number of rotatable bonds is 14. The van der Waals surface area contributed by atoms with Crippen LogP contribution in [0.4, 0.5) is 4.79 Å². The van der Waals surface area contributed by atoms with Crippen LogP contribution in [-0.4, -0.2) is 77.8 Å². The Morgan fingerprint density at radius 2 is 1.76 bits per heavy atom. The Morgan fingerprint density at radius 1 is 1.00 bits per heavy atom. The molecule has 2 fully saturated rings. The molecular weight excluding hydrogens is 768 g/mol. The van der Waals surface area contributed by atoms with Crippen molar-refractivity contribution in [1.29, 1.82) is 0 Å². The number of epoxide rings is 2. The molecule has 296 valence electrons. The third kappa shape index (κ3) is 13.2. The number of fused-ring (bicyclic) bond motifs is 2. The lowest BCUT2D eigenvalue weighted by Gasteiger charge is -2.27. The minimum absolute atomic E-state index is 0.0127. The summed E-state index contributed by atoms with van der Waals surface area (Å²) < 4.78 is 30.6. The fourth-order valence-electron chi connectivity index (χ4n) is 6.64. The number of hydrogen-bond acceptors (Lipinski definition) is 10. The van der Waals surface area contributed by atoms with Crippen LogP contribution in [-0.2, 0) is 44.6 Å². The van der Waals surface area contributed by atoms with Crippen LogP contribution in [0.1, 0.15) is 97.5 Å². The molecule has 0 saturated carbocycles. The van der Waals surface area contributed by atoms with Gasteiger partial charge in [-0.15, -0.1) is 0 Å².